The Kier molecular flexibility index (Phi) is 5.36. The second-order valence-corrected chi connectivity index (χ2v) is 4.54. The molecule has 0 unspecified atom stereocenters. The van der Waals surface area contributed by atoms with Crippen LogP contribution in [0.3, 0.4) is 0 Å². The number of aryl methyl sites for hydroxylation is 1. The van der Waals surface area contributed by atoms with Gasteiger partial charge >= 0.3 is 0 Å². The molecule has 0 spiro atoms. The second-order valence-electron chi connectivity index (χ2n) is 4.54. The first-order valence-electron chi connectivity index (χ1n) is 6.28. The normalized spacial score (nSPS) is 9.89. The Labute approximate surface area is 114 Å². The Morgan fingerprint density at radius 3 is 2.53 bits per heavy atom. The zero-order valence-corrected chi connectivity index (χ0v) is 11.9. The van der Waals surface area contributed by atoms with Gasteiger partial charge in [-0.2, -0.15) is 0 Å². The van der Waals surface area contributed by atoms with Gasteiger partial charge < -0.3 is 15.5 Å². The highest BCUT2D eigenvalue weighted by Gasteiger charge is 2.11. The molecule has 0 aliphatic carbocycles. The molecule has 19 heavy (non-hydrogen) atoms. The van der Waals surface area contributed by atoms with E-state index in [1.807, 2.05) is 26.0 Å². The van der Waals surface area contributed by atoms with Gasteiger partial charge in [0.1, 0.15) is 0 Å². The highest BCUT2D eigenvalue weighted by atomic mass is 16.2. The Hall–Kier alpha value is -2.04. The summed E-state index contributed by atoms with van der Waals surface area (Å²) in [6.45, 7) is 4.58. The van der Waals surface area contributed by atoms with Crippen LogP contribution >= 0.6 is 0 Å². The van der Waals surface area contributed by atoms with Crippen molar-refractivity contribution in [3.63, 3.8) is 0 Å². The lowest BCUT2D eigenvalue weighted by Gasteiger charge is -2.14. The SMILES string of the molecule is CCNC(=O)CNc1ccc(C)c(C(=O)N(C)C)c1. The third-order valence-corrected chi connectivity index (χ3v) is 2.70. The van der Waals surface area contributed by atoms with Crippen molar-refractivity contribution in [3.05, 3.63) is 29.3 Å². The van der Waals surface area contributed by atoms with E-state index in [-0.39, 0.29) is 18.4 Å². The van der Waals surface area contributed by atoms with Crippen LogP contribution in [-0.4, -0.2) is 43.9 Å². The number of amides is 2. The van der Waals surface area contributed by atoms with E-state index in [0.717, 1.165) is 11.3 Å². The van der Waals surface area contributed by atoms with Crippen molar-refractivity contribution in [1.82, 2.24) is 10.2 Å². The summed E-state index contributed by atoms with van der Waals surface area (Å²) in [5, 5.41) is 5.71. The van der Waals surface area contributed by atoms with Crippen LogP contribution in [0.5, 0.6) is 0 Å². The molecule has 5 nitrogen and oxygen atoms in total. The molecule has 0 fully saturated rings. The van der Waals surface area contributed by atoms with Gasteiger partial charge in [-0.25, -0.2) is 0 Å². The monoisotopic (exact) mass is 263 g/mol. The Morgan fingerprint density at radius 2 is 1.95 bits per heavy atom. The number of likely N-dealkylation sites (N-methyl/N-ethyl adjacent to an activating group) is 1. The molecule has 1 rings (SSSR count). The van der Waals surface area contributed by atoms with E-state index in [2.05, 4.69) is 10.6 Å². The zero-order chi connectivity index (χ0) is 14.4. The molecule has 0 heterocycles. The van der Waals surface area contributed by atoms with Crippen molar-refractivity contribution in [1.29, 1.82) is 0 Å². The predicted molar refractivity (Wildman–Crippen MR) is 76.4 cm³/mol. The largest absolute Gasteiger partial charge is 0.376 e. The van der Waals surface area contributed by atoms with Gasteiger partial charge in [0.2, 0.25) is 5.91 Å². The maximum absolute atomic E-state index is 12.0. The Balaban J connectivity index is 2.79. The van der Waals surface area contributed by atoms with Crippen LogP contribution in [0, 0.1) is 6.92 Å². The molecule has 2 N–H and O–H groups in total. The number of rotatable bonds is 5. The van der Waals surface area contributed by atoms with Gasteiger partial charge in [-0.05, 0) is 31.5 Å². The quantitative estimate of drug-likeness (QED) is 0.840. The standard InChI is InChI=1S/C14H21N3O2/c1-5-15-13(18)9-16-11-7-6-10(2)12(8-11)14(19)17(3)4/h6-8,16H,5,9H2,1-4H3,(H,15,18). The van der Waals surface area contributed by atoms with Gasteiger partial charge in [0.05, 0.1) is 6.54 Å². The summed E-state index contributed by atoms with van der Waals surface area (Å²) >= 11 is 0. The van der Waals surface area contributed by atoms with Crippen molar-refractivity contribution in [2.45, 2.75) is 13.8 Å². The summed E-state index contributed by atoms with van der Waals surface area (Å²) in [5.74, 6) is -0.109. The molecule has 0 aliphatic heterocycles. The summed E-state index contributed by atoms with van der Waals surface area (Å²) in [7, 11) is 3.44. The van der Waals surface area contributed by atoms with Crippen molar-refractivity contribution < 1.29 is 9.59 Å². The Bertz CT molecular complexity index is 470. The lowest BCUT2D eigenvalue weighted by Crippen LogP contribution is -2.29. The third kappa shape index (κ3) is 4.28. The maximum Gasteiger partial charge on any atom is 0.253 e. The van der Waals surface area contributed by atoms with Gasteiger partial charge in [0, 0.05) is 31.9 Å². The second kappa shape index (κ2) is 6.78. The van der Waals surface area contributed by atoms with Gasteiger partial charge in [0.15, 0.2) is 0 Å². The highest BCUT2D eigenvalue weighted by Crippen LogP contribution is 2.16. The summed E-state index contributed by atoms with van der Waals surface area (Å²) in [4.78, 5) is 24.9. The van der Waals surface area contributed by atoms with E-state index in [4.69, 9.17) is 0 Å². The summed E-state index contributed by atoms with van der Waals surface area (Å²) in [6.07, 6.45) is 0. The van der Waals surface area contributed by atoms with Crippen LogP contribution in [0.15, 0.2) is 18.2 Å². The van der Waals surface area contributed by atoms with Gasteiger partial charge in [-0.15, -0.1) is 0 Å². The van der Waals surface area contributed by atoms with E-state index in [0.29, 0.717) is 12.1 Å². The van der Waals surface area contributed by atoms with Crippen LogP contribution in [0.1, 0.15) is 22.8 Å². The molecule has 0 radical (unpaired) electrons. The molecule has 1 aromatic rings. The molecule has 1 aromatic carbocycles. The number of anilines is 1. The van der Waals surface area contributed by atoms with E-state index < -0.39 is 0 Å². The van der Waals surface area contributed by atoms with Crippen molar-refractivity contribution in [2.24, 2.45) is 0 Å². The number of carbonyl (C=O) groups excluding carboxylic acids is 2. The fraction of sp³-hybridized carbons (Fsp3) is 0.429. The minimum Gasteiger partial charge on any atom is -0.376 e. The highest BCUT2D eigenvalue weighted by molar-refractivity contribution is 5.96. The predicted octanol–water partition coefficient (Wildman–Crippen LogP) is 1.24. The van der Waals surface area contributed by atoms with Gasteiger partial charge in [0.25, 0.3) is 5.91 Å². The van der Waals surface area contributed by atoms with E-state index in [1.165, 1.54) is 4.90 Å². The molecule has 0 bridgehead atoms. The molecule has 104 valence electrons. The molecule has 0 aromatic heterocycles. The van der Waals surface area contributed by atoms with E-state index in [9.17, 15) is 9.59 Å². The molecule has 0 aliphatic rings. The molecular weight excluding hydrogens is 242 g/mol. The van der Waals surface area contributed by atoms with Gasteiger partial charge in [-0.3, -0.25) is 9.59 Å². The van der Waals surface area contributed by atoms with Gasteiger partial charge in [-0.1, -0.05) is 6.07 Å². The number of hydrogen-bond donors (Lipinski definition) is 2. The first-order valence-corrected chi connectivity index (χ1v) is 6.28. The minimum atomic E-state index is -0.0661. The smallest absolute Gasteiger partial charge is 0.253 e. The fourth-order valence-corrected chi connectivity index (χ4v) is 1.65. The molecule has 0 saturated carbocycles. The van der Waals surface area contributed by atoms with Crippen LogP contribution in [-0.2, 0) is 4.79 Å². The summed E-state index contributed by atoms with van der Waals surface area (Å²) in [5.41, 5.74) is 2.33. The molecule has 0 saturated heterocycles. The average molecular weight is 263 g/mol. The zero-order valence-electron chi connectivity index (χ0n) is 11.9. The first-order chi connectivity index (χ1) is 8.95. The maximum atomic E-state index is 12.0. The summed E-state index contributed by atoms with van der Waals surface area (Å²) in [6, 6.07) is 5.51. The molecular formula is C14H21N3O2. The third-order valence-electron chi connectivity index (χ3n) is 2.70. The lowest BCUT2D eigenvalue weighted by molar-refractivity contribution is -0.119. The molecule has 0 atom stereocenters. The van der Waals surface area contributed by atoms with Crippen LogP contribution in [0.2, 0.25) is 0 Å². The van der Waals surface area contributed by atoms with Crippen molar-refractivity contribution in [2.75, 3.05) is 32.5 Å². The average Bonchev–Trinajstić information content (AvgIpc) is 2.37. The van der Waals surface area contributed by atoms with Crippen LogP contribution in [0.4, 0.5) is 5.69 Å². The number of hydrogen-bond acceptors (Lipinski definition) is 3. The van der Waals surface area contributed by atoms with Crippen LogP contribution < -0.4 is 10.6 Å². The Morgan fingerprint density at radius 1 is 1.26 bits per heavy atom. The molecule has 2 amide bonds. The fourth-order valence-electron chi connectivity index (χ4n) is 1.65. The minimum absolute atomic E-state index is 0.0424. The molecule has 5 heteroatoms. The number of nitrogens with one attached hydrogen (secondary N) is 2. The van der Waals surface area contributed by atoms with E-state index in [1.54, 1.807) is 20.2 Å². The number of carbonyl (C=O) groups is 2. The lowest BCUT2D eigenvalue weighted by atomic mass is 10.1. The number of benzene rings is 1. The topological polar surface area (TPSA) is 61.4 Å². The first kappa shape index (κ1) is 15.0. The van der Waals surface area contributed by atoms with Crippen molar-refractivity contribution in [3.8, 4) is 0 Å². The van der Waals surface area contributed by atoms with Crippen LogP contribution in [0.25, 0.3) is 0 Å². The summed E-state index contributed by atoms with van der Waals surface area (Å²) < 4.78 is 0. The van der Waals surface area contributed by atoms with E-state index >= 15 is 0 Å². The number of nitrogens with zero attached hydrogens (tertiary/aromatic N) is 1. The van der Waals surface area contributed by atoms with Crippen molar-refractivity contribution >= 4 is 17.5 Å².